The van der Waals surface area contributed by atoms with Gasteiger partial charge in [-0.1, -0.05) is 6.42 Å². The van der Waals surface area contributed by atoms with Gasteiger partial charge >= 0.3 is 5.97 Å². The van der Waals surface area contributed by atoms with Crippen molar-refractivity contribution in [2.75, 3.05) is 13.1 Å². The molecule has 1 heterocycles. The molecule has 102 valence electrons. The second kappa shape index (κ2) is 4.53. The number of carbonyl (C=O) groups excluding carboxylic acids is 1. The second-order valence-corrected chi connectivity index (χ2v) is 6.13. The van der Waals surface area contributed by atoms with Crippen LogP contribution in [0.5, 0.6) is 0 Å². The normalized spacial score (nSPS) is 39.8. The first-order chi connectivity index (χ1) is 8.38. The molecule has 3 N–H and O–H groups in total. The smallest absolute Gasteiger partial charge is 0.311 e. The highest BCUT2D eigenvalue weighted by molar-refractivity contribution is 5.84. The molecule has 18 heavy (non-hydrogen) atoms. The molecule has 3 atom stereocenters. The van der Waals surface area contributed by atoms with Crippen molar-refractivity contribution in [2.24, 2.45) is 10.8 Å². The van der Waals surface area contributed by atoms with Gasteiger partial charge in [0.2, 0.25) is 5.91 Å². The largest absolute Gasteiger partial charge is 0.481 e. The van der Waals surface area contributed by atoms with Gasteiger partial charge < -0.3 is 15.7 Å². The average Bonchev–Trinajstić information content (AvgIpc) is 2.88. The van der Waals surface area contributed by atoms with Crippen LogP contribution in [-0.2, 0) is 9.59 Å². The Morgan fingerprint density at radius 2 is 2.06 bits per heavy atom. The Kier molecular flexibility index (Phi) is 3.36. The summed E-state index contributed by atoms with van der Waals surface area (Å²) in [6, 6.07) is -0.236. The van der Waals surface area contributed by atoms with Crippen LogP contribution >= 0.6 is 0 Å². The minimum Gasteiger partial charge on any atom is -0.481 e. The third-order valence-electron chi connectivity index (χ3n) is 4.67. The maximum absolute atomic E-state index is 12.3. The third-order valence-corrected chi connectivity index (χ3v) is 4.67. The minimum absolute atomic E-state index is 0.00752. The molecule has 0 aromatic rings. The van der Waals surface area contributed by atoms with E-state index in [0.29, 0.717) is 13.0 Å². The zero-order chi connectivity index (χ0) is 13.4. The number of carboxylic acids is 1. The van der Waals surface area contributed by atoms with Crippen LogP contribution < -0.4 is 10.6 Å². The lowest BCUT2D eigenvalue weighted by atomic mass is 9.83. The molecule has 0 aromatic carbocycles. The van der Waals surface area contributed by atoms with E-state index in [9.17, 15) is 14.7 Å². The molecule has 5 nitrogen and oxygen atoms in total. The first-order valence-electron chi connectivity index (χ1n) is 6.64. The zero-order valence-electron chi connectivity index (χ0n) is 11.1. The lowest BCUT2D eigenvalue weighted by Gasteiger charge is -2.31. The Labute approximate surface area is 107 Å². The Morgan fingerprint density at radius 3 is 2.61 bits per heavy atom. The van der Waals surface area contributed by atoms with Gasteiger partial charge in [0.05, 0.1) is 10.8 Å². The third kappa shape index (κ3) is 2.11. The molecule has 0 bridgehead atoms. The topological polar surface area (TPSA) is 78.4 Å². The van der Waals surface area contributed by atoms with E-state index in [1.165, 1.54) is 0 Å². The maximum Gasteiger partial charge on any atom is 0.311 e. The first kappa shape index (κ1) is 13.3. The van der Waals surface area contributed by atoms with Gasteiger partial charge in [0.15, 0.2) is 0 Å². The van der Waals surface area contributed by atoms with Crippen LogP contribution in [0.25, 0.3) is 0 Å². The van der Waals surface area contributed by atoms with Crippen LogP contribution in [0, 0.1) is 10.8 Å². The first-order valence-corrected chi connectivity index (χ1v) is 6.64. The molecule has 0 spiro atoms. The van der Waals surface area contributed by atoms with E-state index in [0.717, 1.165) is 25.8 Å². The van der Waals surface area contributed by atoms with Crippen molar-refractivity contribution in [3.05, 3.63) is 0 Å². The van der Waals surface area contributed by atoms with Gasteiger partial charge in [-0.2, -0.15) is 0 Å². The fourth-order valence-electron chi connectivity index (χ4n) is 3.00. The highest BCUT2D eigenvalue weighted by atomic mass is 16.4. The number of aliphatic carboxylic acids is 1. The van der Waals surface area contributed by atoms with Crippen LogP contribution in [0.15, 0.2) is 0 Å². The maximum atomic E-state index is 12.3. The monoisotopic (exact) mass is 254 g/mol. The Bertz CT molecular complexity index is 363. The van der Waals surface area contributed by atoms with E-state index in [1.807, 2.05) is 6.92 Å². The molecule has 1 aliphatic carbocycles. The van der Waals surface area contributed by atoms with Gasteiger partial charge in [-0.05, 0) is 39.7 Å². The van der Waals surface area contributed by atoms with Gasteiger partial charge in [0, 0.05) is 12.6 Å². The summed E-state index contributed by atoms with van der Waals surface area (Å²) in [5.74, 6) is -0.813. The molecule has 1 saturated carbocycles. The van der Waals surface area contributed by atoms with E-state index >= 15 is 0 Å². The molecular formula is C13H22N2O3. The molecule has 2 aliphatic rings. The Hall–Kier alpha value is -1.10. The van der Waals surface area contributed by atoms with E-state index in [2.05, 4.69) is 10.6 Å². The van der Waals surface area contributed by atoms with Gasteiger partial charge in [-0.15, -0.1) is 0 Å². The number of amides is 1. The van der Waals surface area contributed by atoms with E-state index in [1.54, 1.807) is 6.92 Å². The molecule has 1 saturated heterocycles. The van der Waals surface area contributed by atoms with Crippen LogP contribution in [0.1, 0.15) is 39.5 Å². The highest BCUT2D eigenvalue weighted by Crippen LogP contribution is 2.39. The molecule has 2 rings (SSSR count). The number of carbonyl (C=O) groups is 2. The standard InChI is InChI=1S/C13H22N2O3/c1-12(6-7-14-8-12)10(16)15-9-4-3-5-13(9,2)11(17)18/h9,14H,3-8H2,1-2H3,(H,15,16)(H,17,18). The van der Waals surface area contributed by atoms with Crippen LogP contribution in [0.2, 0.25) is 0 Å². The summed E-state index contributed by atoms with van der Waals surface area (Å²) in [5, 5.41) is 15.5. The summed E-state index contributed by atoms with van der Waals surface area (Å²) in [6.45, 7) is 5.21. The molecule has 5 heteroatoms. The molecule has 3 unspecified atom stereocenters. The van der Waals surface area contributed by atoms with Crippen molar-refractivity contribution >= 4 is 11.9 Å². The number of hydrogen-bond acceptors (Lipinski definition) is 3. The highest BCUT2D eigenvalue weighted by Gasteiger charge is 2.47. The van der Waals surface area contributed by atoms with Crippen molar-refractivity contribution in [2.45, 2.75) is 45.6 Å². The summed E-state index contributed by atoms with van der Waals surface area (Å²) < 4.78 is 0. The molecule has 0 radical (unpaired) electrons. The summed E-state index contributed by atoms with van der Waals surface area (Å²) in [7, 11) is 0. The van der Waals surface area contributed by atoms with Gasteiger partial charge in [-0.25, -0.2) is 0 Å². The number of nitrogens with one attached hydrogen (secondary N) is 2. The zero-order valence-corrected chi connectivity index (χ0v) is 11.1. The fraction of sp³-hybridized carbons (Fsp3) is 0.846. The molecule has 2 fully saturated rings. The van der Waals surface area contributed by atoms with E-state index in [4.69, 9.17) is 0 Å². The quantitative estimate of drug-likeness (QED) is 0.694. The van der Waals surface area contributed by atoms with Crippen molar-refractivity contribution in [1.82, 2.24) is 10.6 Å². The van der Waals surface area contributed by atoms with Gasteiger partial charge in [0.1, 0.15) is 0 Å². The van der Waals surface area contributed by atoms with E-state index < -0.39 is 11.4 Å². The van der Waals surface area contributed by atoms with Crippen LogP contribution in [0.3, 0.4) is 0 Å². The predicted octanol–water partition coefficient (Wildman–Crippen LogP) is 0.746. The fourth-order valence-corrected chi connectivity index (χ4v) is 3.00. The van der Waals surface area contributed by atoms with Crippen molar-refractivity contribution in [1.29, 1.82) is 0 Å². The number of hydrogen-bond donors (Lipinski definition) is 3. The average molecular weight is 254 g/mol. The van der Waals surface area contributed by atoms with Crippen LogP contribution in [-0.4, -0.2) is 36.1 Å². The molecule has 1 amide bonds. The van der Waals surface area contributed by atoms with Gasteiger partial charge in [0.25, 0.3) is 0 Å². The summed E-state index contributed by atoms with van der Waals surface area (Å²) in [4.78, 5) is 23.6. The molecular weight excluding hydrogens is 232 g/mol. The summed E-state index contributed by atoms with van der Waals surface area (Å²) in [5.41, 5.74) is -1.19. The lowest BCUT2D eigenvalue weighted by Crippen LogP contribution is -2.51. The summed E-state index contributed by atoms with van der Waals surface area (Å²) >= 11 is 0. The molecule has 0 aromatic heterocycles. The summed E-state index contributed by atoms with van der Waals surface area (Å²) in [6.07, 6.45) is 3.08. The van der Waals surface area contributed by atoms with Crippen molar-refractivity contribution < 1.29 is 14.7 Å². The number of carboxylic acid groups (broad SMARTS) is 1. The van der Waals surface area contributed by atoms with E-state index in [-0.39, 0.29) is 17.4 Å². The van der Waals surface area contributed by atoms with Crippen LogP contribution in [0.4, 0.5) is 0 Å². The Balaban J connectivity index is 2.05. The van der Waals surface area contributed by atoms with Crippen molar-refractivity contribution in [3.8, 4) is 0 Å². The second-order valence-electron chi connectivity index (χ2n) is 6.13. The Morgan fingerprint density at radius 1 is 1.33 bits per heavy atom. The lowest BCUT2D eigenvalue weighted by molar-refractivity contribution is -0.149. The SMILES string of the molecule is CC1(C(=O)NC2CCCC2(C)C(=O)O)CCNC1. The van der Waals surface area contributed by atoms with Crippen molar-refractivity contribution in [3.63, 3.8) is 0 Å². The van der Waals surface area contributed by atoms with Gasteiger partial charge in [-0.3, -0.25) is 9.59 Å². The predicted molar refractivity (Wildman–Crippen MR) is 67.1 cm³/mol. The minimum atomic E-state index is -0.807. The number of rotatable bonds is 3. The molecule has 1 aliphatic heterocycles.